The molecular formula is C18H26F3N3O5S. The van der Waals surface area contributed by atoms with Crippen molar-refractivity contribution in [3.63, 3.8) is 0 Å². The Bertz CT molecular complexity index is 899. The fraction of sp³-hybridized carbons (Fsp3) is 0.778. The molecule has 1 saturated carbocycles. The number of halogens is 3. The standard InChI is InChI=1S/C18H26F3N3O5S/c1-17(2,3)28-16(25)23-10-8-13-14(9-11-23)22-24(12-6-4-5-7-12)15(13)29-30(26,27)18(19,20)21/h12H,4-11H2,1-3H3. The number of ether oxygens (including phenoxy) is 1. The third kappa shape index (κ3) is 4.84. The zero-order chi connectivity index (χ0) is 22.3. The molecule has 1 aliphatic heterocycles. The van der Waals surface area contributed by atoms with Gasteiger partial charge in [-0.15, -0.1) is 0 Å². The van der Waals surface area contributed by atoms with Gasteiger partial charge < -0.3 is 13.8 Å². The largest absolute Gasteiger partial charge is 0.534 e. The number of aromatic nitrogens is 2. The lowest BCUT2D eigenvalue weighted by Crippen LogP contribution is -2.38. The van der Waals surface area contributed by atoms with Crippen molar-refractivity contribution in [3.05, 3.63) is 11.3 Å². The van der Waals surface area contributed by atoms with Crippen molar-refractivity contribution < 1.29 is 35.3 Å². The highest BCUT2D eigenvalue weighted by atomic mass is 32.2. The second-order valence-electron chi connectivity index (χ2n) is 8.56. The van der Waals surface area contributed by atoms with Crippen molar-refractivity contribution in [2.75, 3.05) is 13.1 Å². The summed E-state index contributed by atoms with van der Waals surface area (Å²) in [5.74, 6) is -0.389. The van der Waals surface area contributed by atoms with Crippen LogP contribution in [0, 0.1) is 0 Å². The predicted octanol–water partition coefficient (Wildman–Crippen LogP) is 3.56. The minimum absolute atomic E-state index is 0.115. The zero-order valence-corrected chi connectivity index (χ0v) is 18.0. The molecule has 0 radical (unpaired) electrons. The van der Waals surface area contributed by atoms with Crippen molar-refractivity contribution in [2.45, 2.75) is 76.4 Å². The Morgan fingerprint density at radius 1 is 1.10 bits per heavy atom. The fourth-order valence-corrected chi connectivity index (χ4v) is 4.17. The minimum Gasteiger partial charge on any atom is -0.444 e. The van der Waals surface area contributed by atoms with E-state index in [-0.39, 0.29) is 37.9 Å². The van der Waals surface area contributed by atoms with Crippen molar-refractivity contribution in [2.24, 2.45) is 0 Å². The van der Waals surface area contributed by atoms with Crippen LogP contribution in [0.5, 0.6) is 5.88 Å². The third-order valence-corrected chi connectivity index (χ3v) is 6.03. The molecule has 3 rings (SSSR count). The van der Waals surface area contributed by atoms with E-state index >= 15 is 0 Å². The van der Waals surface area contributed by atoms with E-state index in [1.165, 1.54) is 9.58 Å². The molecule has 1 aromatic heterocycles. The number of hydrogen-bond acceptors (Lipinski definition) is 6. The summed E-state index contributed by atoms with van der Waals surface area (Å²) in [6.45, 7) is 5.61. The van der Waals surface area contributed by atoms with Gasteiger partial charge in [0.2, 0.25) is 5.88 Å². The molecule has 0 aromatic carbocycles. The number of fused-ring (bicyclic) bond motifs is 1. The topological polar surface area (TPSA) is 90.7 Å². The molecule has 12 heteroatoms. The highest BCUT2D eigenvalue weighted by Crippen LogP contribution is 2.38. The van der Waals surface area contributed by atoms with Crippen LogP contribution < -0.4 is 4.18 Å². The average Bonchev–Trinajstić information content (AvgIpc) is 3.16. The van der Waals surface area contributed by atoms with Crippen molar-refractivity contribution >= 4 is 16.2 Å². The van der Waals surface area contributed by atoms with Crippen LogP contribution in [0.3, 0.4) is 0 Å². The van der Waals surface area contributed by atoms with Gasteiger partial charge in [-0.1, -0.05) is 12.8 Å². The van der Waals surface area contributed by atoms with Gasteiger partial charge in [0.15, 0.2) is 0 Å². The molecule has 1 aromatic rings. The lowest BCUT2D eigenvalue weighted by molar-refractivity contribution is -0.0503. The number of amides is 1. The first-order chi connectivity index (χ1) is 13.8. The van der Waals surface area contributed by atoms with Crippen LogP contribution in [0.1, 0.15) is 63.8 Å². The third-order valence-electron chi connectivity index (χ3n) is 5.09. The van der Waals surface area contributed by atoms with E-state index in [1.54, 1.807) is 20.8 Å². The summed E-state index contributed by atoms with van der Waals surface area (Å²) >= 11 is 0. The van der Waals surface area contributed by atoms with Crippen molar-refractivity contribution in [1.29, 1.82) is 0 Å². The molecule has 170 valence electrons. The molecule has 1 fully saturated rings. The fourth-order valence-electron chi connectivity index (χ4n) is 3.69. The Balaban J connectivity index is 1.90. The van der Waals surface area contributed by atoms with Gasteiger partial charge in [0.05, 0.1) is 11.7 Å². The number of carbonyl (C=O) groups excluding carboxylic acids is 1. The lowest BCUT2D eigenvalue weighted by atomic mass is 10.1. The van der Waals surface area contributed by atoms with Gasteiger partial charge in [0.25, 0.3) is 0 Å². The molecule has 0 atom stereocenters. The smallest absolute Gasteiger partial charge is 0.444 e. The summed E-state index contributed by atoms with van der Waals surface area (Å²) in [7, 11) is -5.84. The molecule has 0 unspecified atom stereocenters. The van der Waals surface area contributed by atoms with E-state index in [2.05, 4.69) is 9.28 Å². The molecule has 0 spiro atoms. The average molecular weight is 453 g/mol. The normalized spacial score (nSPS) is 18.8. The van der Waals surface area contributed by atoms with Gasteiger partial charge in [-0.05, 0) is 40.0 Å². The van der Waals surface area contributed by atoms with Crippen molar-refractivity contribution in [3.8, 4) is 5.88 Å². The van der Waals surface area contributed by atoms with Crippen LogP contribution in [0.15, 0.2) is 0 Å². The lowest BCUT2D eigenvalue weighted by Gasteiger charge is -2.26. The maximum Gasteiger partial charge on any atom is 0.534 e. The second-order valence-corrected chi connectivity index (χ2v) is 10.1. The van der Waals surface area contributed by atoms with Crippen LogP contribution in [0.4, 0.5) is 18.0 Å². The maximum atomic E-state index is 13.0. The number of rotatable bonds is 3. The predicted molar refractivity (Wildman–Crippen MR) is 101 cm³/mol. The second kappa shape index (κ2) is 7.93. The Hall–Kier alpha value is -1.98. The van der Waals surface area contributed by atoms with Crippen molar-refractivity contribution in [1.82, 2.24) is 14.7 Å². The number of hydrogen-bond donors (Lipinski definition) is 0. The van der Waals surface area contributed by atoms with E-state index < -0.39 is 27.3 Å². The molecule has 2 aliphatic rings. The Labute approximate surface area is 173 Å². The van der Waals surface area contributed by atoms with Gasteiger partial charge in [-0.2, -0.15) is 26.7 Å². The summed E-state index contributed by atoms with van der Waals surface area (Å²) < 4.78 is 73.6. The molecular weight excluding hydrogens is 427 g/mol. The number of nitrogens with zero attached hydrogens (tertiary/aromatic N) is 3. The maximum absolute atomic E-state index is 13.0. The Morgan fingerprint density at radius 2 is 1.70 bits per heavy atom. The van der Waals surface area contributed by atoms with E-state index in [9.17, 15) is 26.4 Å². The van der Waals surface area contributed by atoms with Gasteiger partial charge in [-0.25, -0.2) is 9.48 Å². The molecule has 0 bridgehead atoms. The summed E-state index contributed by atoms with van der Waals surface area (Å²) in [6, 6.07) is -0.211. The van der Waals surface area contributed by atoms with Crippen LogP contribution in [-0.4, -0.2) is 53.4 Å². The zero-order valence-electron chi connectivity index (χ0n) is 17.2. The Kier molecular flexibility index (Phi) is 6.00. The van der Waals surface area contributed by atoms with Gasteiger partial charge in [-0.3, -0.25) is 0 Å². The molecule has 1 aliphatic carbocycles. The molecule has 0 N–H and O–H groups in total. The Morgan fingerprint density at radius 3 is 2.27 bits per heavy atom. The van der Waals surface area contributed by atoms with E-state index in [0.717, 1.165) is 12.8 Å². The van der Waals surface area contributed by atoms with Crippen LogP contribution >= 0.6 is 0 Å². The number of carbonyl (C=O) groups is 1. The first kappa shape index (κ1) is 22.7. The summed E-state index contributed by atoms with van der Waals surface area (Å²) in [4.78, 5) is 13.8. The van der Waals surface area contributed by atoms with Gasteiger partial charge in [0.1, 0.15) is 5.60 Å². The van der Waals surface area contributed by atoms with Gasteiger partial charge in [0, 0.05) is 25.1 Å². The highest BCUT2D eigenvalue weighted by molar-refractivity contribution is 7.87. The summed E-state index contributed by atoms with van der Waals surface area (Å²) in [5.41, 5.74) is -5.50. The van der Waals surface area contributed by atoms with Crippen LogP contribution in [0.2, 0.25) is 0 Å². The quantitative estimate of drug-likeness (QED) is 0.513. The van der Waals surface area contributed by atoms with E-state index in [1.807, 2.05) is 0 Å². The van der Waals surface area contributed by atoms with Gasteiger partial charge >= 0.3 is 21.7 Å². The van der Waals surface area contributed by atoms with Crippen LogP contribution in [-0.2, 0) is 27.7 Å². The molecule has 2 heterocycles. The van der Waals surface area contributed by atoms with Crippen LogP contribution in [0.25, 0.3) is 0 Å². The van der Waals surface area contributed by atoms with E-state index in [0.29, 0.717) is 24.1 Å². The molecule has 30 heavy (non-hydrogen) atoms. The summed E-state index contributed by atoms with van der Waals surface area (Å²) in [5, 5.41) is 4.41. The highest BCUT2D eigenvalue weighted by Gasteiger charge is 2.50. The monoisotopic (exact) mass is 453 g/mol. The molecule has 0 saturated heterocycles. The SMILES string of the molecule is CC(C)(C)OC(=O)N1CCc2nn(C3CCCC3)c(OS(=O)(=O)C(F)(F)F)c2CC1. The first-order valence-electron chi connectivity index (χ1n) is 9.87. The molecule has 8 nitrogen and oxygen atoms in total. The summed E-state index contributed by atoms with van der Waals surface area (Å²) in [6.07, 6.45) is 2.97. The first-order valence-corrected chi connectivity index (χ1v) is 11.3. The number of alkyl halides is 3. The minimum atomic E-state index is -5.84. The molecule has 1 amide bonds. The van der Waals surface area contributed by atoms with E-state index in [4.69, 9.17) is 4.74 Å².